The zero-order valence-corrected chi connectivity index (χ0v) is 12.7. The van der Waals surface area contributed by atoms with Gasteiger partial charge in [0.2, 0.25) is 0 Å². The molecule has 1 aromatic heterocycles. The molecule has 2 N–H and O–H groups in total. The van der Waals surface area contributed by atoms with Crippen molar-refractivity contribution >= 4 is 22.4 Å². The number of nitrogens with one attached hydrogen (secondary N) is 2. The van der Waals surface area contributed by atoms with Gasteiger partial charge in [-0.25, -0.2) is 18.1 Å². The Morgan fingerprint density at radius 3 is 2.56 bits per heavy atom. The van der Waals surface area contributed by atoms with Crippen molar-refractivity contribution in [3.63, 3.8) is 0 Å². The summed E-state index contributed by atoms with van der Waals surface area (Å²) in [7, 11) is -1.71. The minimum atomic E-state index is -3.50. The maximum atomic E-state index is 11.9. The lowest BCUT2D eigenvalue weighted by Gasteiger charge is -2.10. The Labute approximate surface area is 115 Å². The standard InChI is InChI=1S/C10H20N4O2S.ClH/c1-5-14-7-10(13-9(14)3)17(15,16)12-6-8(2)11-4;/h7-8,11-12H,5-6H2,1-4H3;1H. The topological polar surface area (TPSA) is 76.0 Å². The van der Waals surface area contributed by atoms with Gasteiger partial charge in [0, 0.05) is 25.3 Å². The van der Waals surface area contributed by atoms with Gasteiger partial charge >= 0.3 is 0 Å². The molecule has 0 saturated heterocycles. The van der Waals surface area contributed by atoms with Crippen LogP contribution in [0.1, 0.15) is 19.7 Å². The molecule has 8 heteroatoms. The molecule has 0 spiro atoms. The van der Waals surface area contributed by atoms with Crippen molar-refractivity contribution in [1.29, 1.82) is 0 Å². The minimum Gasteiger partial charge on any atom is -0.334 e. The fourth-order valence-electron chi connectivity index (χ4n) is 1.34. The normalized spacial score (nSPS) is 13.1. The van der Waals surface area contributed by atoms with Crippen LogP contribution in [-0.2, 0) is 16.6 Å². The molecule has 6 nitrogen and oxygen atoms in total. The van der Waals surface area contributed by atoms with Gasteiger partial charge in [-0.15, -0.1) is 12.4 Å². The van der Waals surface area contributed by atoms with E-state index in [1.54, 1.807) is 24.7 Å². The number of aryl methyl sites for hydroxylation is 2. The predicted octanol–water partition coefficient (Wildman–Crippen LogP) is 0.519. The molecule has 0 aromatic carbocycles. The molecule has 0 radical (unpaired) electrons. The second kappa shape index (κ2) is 7.08. The molecule has 0 amide bonds. The van der Waals surface area contributed by atoms with Gasteiger partial charge in [0.15, 0.2) is 5.03 Å². The maximum Gasteiger partial charge on any atom is 0.259 e. The van der Waals surface area contributed by atoms with E-state index in [1.807, 2.05) is 13.8 Å². The third-order valence-corrected chi connectivity index (χ3v) is 3.94. The van der Waals surface area contributed by atoms with Crippen molar-refractivity contribution in [2.75, 3.05) is 13.6 Å². The summed E-state index contributed by atoms with van der Waals surface area (Å²) in [5.41, 5.74) is 0. The molecule has 0 bridgehead atoms. The zero-order chi connectivity index (χ0) is 13.1. The Morgan fingerprint density at radius 1 is 1.50 bits per heavy atom. The molecule has 1 rings (SSSR count). The number of hydrogen-bond acceptors (Lipinski definition) is 4. The van der Waals surface area contributed by atoms with Crippen LogP contribution in [0.25, 0.3) is 0 Å². The van der Waals surface area contributed by atoms with Gasteiger partial charge in [-0.05, 0) is 27.8 Å². The Hall–Kier alpha value is -0.630. The summed E-state index contributed by atoms with van der Waals surface area (Å²) in [6.45, 7) is 6.69. The van der Waals surface area contributed by atoms with Crippen LogP contribution in [0.4, 0.5) is 0 Å². The van der Waals surface area contributed by atoms with Gasteiger partial charge in [-0.3, -0.25) is 0 Å². The van der Waals surface area contributed by atoms with Crippen LogP contribution >= 0.6 is 12.4 Å². The Kier molecular flexibility index (Phi) is 6.83. The smallest absolute Gasteiger partial charge is 0.259 e. The van der Waals surface area contributed by atoms with Gasteiger partial charge in [-0.1, -0.05) is 0 Å². The quantitative estimate of drug-likeness (QED) is 0.802. The largest absolute Gasteiger partial charge is 0.334 e. The first-order valence-corrected chi connectivity index (χ1v) is 7.09. The fraction of sp³-hybridized carbons (Fsp3) is 0.700. The first-order chi connectivity index (χ1) is 7.90. The zero-order valence-electron chi connectivity index (χ0n) is 11.1. The van der Waals surface area contributed by atoms with Gasteiger partial charge < -0.3 is 9.88 Å². The molecular formula is C10H21ClN4O2S. The van der Waals surface area contributed by atoms with E-state index in [2.05, 4.69) is 15.0 Å². The average Bonchev–Trinajstić information content (AvgIpc) is 2.68. The number of halogens is 1. The van der Waals surface area contributed by atoms with Crippen molar-refractivity contribution in [3.8, 4) is 0 Å². The van der Waals surface area contributed by atoms with E-state index in [0.29, 0.717) is 18.9 Å². The van der Waals surface area contributed by atoms with Crippen molar-refractivity contribution in [1.82, 2.24) is 19.6 Å². The van der Waals surface area contributed by atoms with Crippen LogP contribution in [0, 0.1) is 6.92 Å². The second-order valence-electron chi connectivity index (χ2n) is 3.95. The van der Waals surface area contributed by atoms with E-state index in [0.717, 1.165) is 0 Å². The number of imidazole rings is 1. The SMILES string of the molecule is CCn1cc(S(=O)(=O)NCC(C)NC)nc1C.Cl. The summed E-state index contributed by atoms with van der Waals surface area (Å²) in [6, 6.07) is 0.0825. The maximum absolute atomic E-state index is 11.9. The van der Waals surface area contributed by atoms with Crippen LogP contribution in [0.3, 0.4) is 0 Å². The van der Waals surface area contributed by atoms with Gasteiger partial charge in [0.05, 0.1) is 0 Å². The Morgan fingerprint density at radius 2 is 2.11 bits per heavy atom. The summed E-state index contributed by atoms with van der Waals surface area (Å²) in [5.74, 6) is 0.703. The number of aromatic nitrogens is 2. The highest BCUT2D eigenvalue weighted by molar-refractivity contribution is 7.89. The molecule has 0 saturated carbocycles. The molecule has 0 aliphatic rings. The lowest BCUT2D eigenvalue weighted by Crippen LogP contribution is -2.37. The first kappa shape index (κ1) is 17.4. The highest BCUT2D eigenvalue weighted by Gasteiger charge is 2.19. The first-order valence-electron chi connectivity index (χ1n) is 5.61. The van der Waals surface area contributed by atoms with Crippen LogP contribution in [0.15, 0.2) is 11.2 Å². The van der Waals surface area contributed by atoms with Gasteiger partial charge in [0.25, 0.3) is 10.0 Å². The number of likely N-dealkylation sites (N-methyl/N-ethyl adjacent to an activating group) is 1. The van der Waals surface area contributed by atoms with Gasteiger partial charge in [0.1, 0.15) is 5.82 Å². The highest BCUT2D eigenvalue weighted by Crippen LogP contribution is 2.08. The van der Waals surface area contributed by atoms with E-state index in [9.17, 15) is 8.42 Å². The fourth-order valence-corrected chi connectivity index (χ4v) is 2.48. The molecule has 1 atom stereocenters. The lowest BCUT2D eigenvalue weighted by molar-refractivity contribution is 0.552. The van der Waals surface area contributed by atoms with Crippen molar-refractivity contribution < 1.29 is 8.42 Å². The third kappa shape index (κ3) is 4.24. The Balaban J connectivity index is 0.00000289. The highest BCUT2D eigenvalue weighted by atomic mass is 35.5. The monoisotopic (exact) mass is 296 g/mol. The van der Waals surface area contributed by atoms with E-state index >= 15 is 0 Å². The predicted molar refractivity (Wildman–Crippen MR) is 73.6 cm³/mol. The average molecular weight is 297 g/mol. The summed E-state index contributed by atoms with van der Waals surface area (Å²) in [4.78, 5) is 4.05. The molecule has 106 valence electrons. The van der Waals surface area contributed by atoms with Crippen LogP contribution < -0.4 is 10.0 Å². The third-order valence-electron chi connectivity index (χ3n) is 2.64. The molecular weight excluding hydrogens is 276 g/mol. The summed E-state index contributed by atoms with van der Waals surface area (Å²) < 4.78 is 28.2. The second-order valence-corrected chi connectivity index (χ2v) is 5.67. The van der Waals surface area contributed by atoms with Crippen LogP contribution in [0.2, 0.25) is 0 Å². The van der Waals surface area contributed by atoms with E-state index in [1.165, 1.54) is 0 Å². The molecule has 1 aromatic rings. The lowest BCUT2D eigenvalue weighted by atomic mass is 10.4. The molecule has 1 unspecified atom stereocenters. The van der Waals surface area contributed by atoms with Gasteiger partial charge in [-0.2, -0.15) is 0 Å². The van der Waals surface area contributed by atoms with Crippen LogP contribution in [-0.4, -0.2) is 37.6 Å². The number of sulfonamides is 1. The summed E-state index contributed by atoms with van der Waals surface area (Å²) >= 11 is 0. The number of nitrogens with zero attached hydrogens (tertiary/aromatic N) is 2. The minimum absolute atomic E-state index is 0. The molecule has 0 fully saturated rings. The molecule has 0 aliphatic carbocycles. The van der Waals surface area contributed by atoms with Crippen molar-refractivity contribution in [2.24, 2.45) is 0 Å². The van der Waals surface area contributed by atoms with Crippen molar-refractivity contribution in [3.05, 3.63) is 12.0 Å². The summed E-state index contributed by atoms with van der Waals surface area (Å²) in [5, 5.41) is 3.05. The Bertz CT molecular complexity index is 472. The summed E-state index contributed by atoms with van der Waals surface area (Å²) in [6.07, 6.45) is 1.56. The van der Waals surface area contributed by atoms with E-state index < -0.39 is 10.0 Å². The number of hydrogen-bond donors (Lipinski definition) is 2. The van der Waals surface area contributed by atoms with E-state index in [4.69, 9.17) is 0 Å². The van der Waals surface area contributed by atoms with Crippen molar-refractivity contribution in [2.45, 2.75) is 38.4 Å². The van der Waals surface area contributed by atoms with Crippen LogP contribution in [0.5, 0.6) is 0 Å². The molecule has 18 heavy (non-hydrogen) atoms. The molecule has 1 heterocycles. The number of rotatable bonds is 6. The van der Waals surface area contributed by atoms with E-state index in [-0.39, 0.29) is 23.5 Å². The molecule has 0 aliphatic heterocycles.